The highest BCUT2D eigenvalue weighted by Gasteiger charge is 2.60. The fourth-order valence-electron chi connectivity index (χ4n) is 5.55. The number of hydrogen-bond donors (Lipinski definition) is 1. The molecule has 1 aliphatic heterocycles. The number of hydrogen-bond acceptors (Lipinski definition) is 2. The molecule has 0 saturated carbocycles. The van der Waals surface area contributed by atoms with Gasteiger partial charge in [0, 0.05) is 35.2 Å². The zero-order valence-electron chi connectivity index (χ0n) is 21.4. The van der Waals surface area contributed by atoms with Crippen molar-refractivity contribution in [2.75, 3.05) is 6.54 Å². The molecule has 0 spiro atoms. The number of urea groups is 1. The summed E-state index contributed by atoms with van der Waals surface area (Å²) in [4.78, 5) is 15.2. The number of nitriles is 1. The summed E-state index contributed by atoms with van der Waals surface area (Å²) in [7, 11) is 0. The Morgan fingerprint density at radius 2 is 1.82 bits per heavy atom. The van der Waals surface area contributed by atoms with E-state index in [1.807, 2.05) is 51.1 Å². The molecule has 198 valence electrons. The van der Waals surface area contributed by atoms with E-state index in [1.54, 1.807) is 6.07 Å². The number of rotatable bonds is 5. The molecular formula is C30H29Cl2F2N3O. The van der Waals surface area contributed by atoms with Crippen molar-refractivity contribution in [2.24, 2.45) is 11.3 Å². The number of halogens is 4. The molecule has 0 aromatic heterocycles. The fraction of sp³-hybridized carbons (Fsp3) is 0.333. The van der Waals surface area contributed by atoms with Crippen LogP contribution in [0.3, 0.4) is 0 Å². The highest BCUT2D eigenvalue weighted by molar-refractivity contribution is 6.31. The SMILES string of the molecule is CC(C)(C)CC1CN(C(=O)NCc2ccccc2)C(c2cccc(Cl)c2F)C1(C#N)c1ccc(Cl)cc1F. The molecular weight excluding hydrogens is 527 g/mol. The number of amides is 2. The molecule has 4 rings (SSSR count). The van der Waals surface area contributed by atoms with Gasteiger partial charge >= 0.3 is 6.03 Å². The van der Waals surface area contributed by atoms with Crippen LogP contribution in [0.4, 0.5) is 13.6 Å². The lowest BCUT2D eigenvalue weighted by atomic mass is 9.63. The van der Waals surface area contributed by atoms with Gasteiger partial charge in [0.1, 0.15) is 17.0 Å². The van der Waals surface area contributed by atoms with Crippen LogP contribution >= 0.6 is 23.2 Å². The van der Waals surface area contributed by atoms with Gasteiger partial charge in [0.15, 0.2) is 0 Å². The van der Waals surface area contributed by atoms with Crippen LogP contribution in [-0.2, 0) is 12.0 Å². The molecule has 1 heterocycles. The van der Waals surface area contributed by atoms with Gasteiger partial charge in [0.25, 0.3) is 0 Å². The number of carbonyl (C=O) groups is 1. The van der Waals surface area contributed by atoms with Crippen LogP contribution < -0.4 is 5.32 Å². The van der Waals surface area contributed by atoms with Gasteiger partial charge in [0.2, 0.25) is 0 Å². The molecule has 2 amide bonds. The minimum Gasteiger partial charge on any atom is -0.334 e. The molecule has 0 bridgehead atoms. The monoisotopic (exact) mass is 555 g/mol. The first kappa shape index (κ1) is 27.9. The first-order chi connectivity index (χ1) is 18.0. The van der Waals surface area contributed by atoms with E-state index in [4.69, 9.17) is 23.2 Å². The number of benzene rings is 3. The summed E-state index contributed by atoms with van der Waals surface area (Å²) in [5.74, 6) is -1.95. The van der Waals surface area contributed by atoms with Crippen molar-refractivity contribution in [1.29, 1.82) is 5.26 Å². The summed E-state index contributed by atoms with van der Waals surface area (Å²) in [6, 6.07) is 18.7. The van der Waals surface area contributed by atoms with Crippen LogP contribution in [0.2, 0.25) is 10.0 Å². The molecule has 3 unspecified atom stereocenters. The van der Waals surface area contributed by atoms with E-state index >= 15 is 8.78 Å². The number of likely N-dealkylation sites (tertiary alicyclic amines) is 1. The summed E-state index contributed by atoms with van der Waals surface area (Å²) < 4.78 is 31.3. The number of nitrogens with one attached hydrogen (secondary N) is 1. The van der Waals surface area contributed by atoms with Crippen molar-refractivity contribution >= 4 is 29.2 Å². The maximum Gasteiger partial charge on any atom is 0.318 e. The van der Waals surface area contributed by atoms with Gasteiger partial charge in [-0.3, -0.25) is 0 Å². The van der Waals surface area contributed by atoms with E-state index in [2.05, 4.69) is 11.4 Å². The Morgan fingerprint density at radius 1 is 1.11 bits per heavy atom. The maximum atomic E-state index is 15.7. The molecule has 3 aromatic carbocycles. The first-order valence-corrected chi connectivity index (χ1v) is 13.1. The third-order valence-electron chi connectivity index (χ3n) is 7.05. The quantitative estimate of drug-likeness (QED) is 0.346. The number of carbonyl (C=O) groups excluding carboxylic acids is 1. The van der Waals surface area contributed by atoms with Gasteiger partial charge < -0.3 is 10.2 Å². The van der Waals surface area contributed by atoms with Crippen LogP contribution in [0.5, 0.6) is 0 Å². The first-order valence-electron chi connectivity index (χ1n) is 12.4. The van der Waals surface area contributed by atoms with Crippen molar-refractivity contribution in [3.63, 3.8) is 0 Å². The van der Waals surface area contributed by atoms with Crippen LogP contribution in [0.1, 0.15) is 49.9 Å². The van der Waals surface area contributed by atoms with Crippen LogP contribution in [-0.4, -0.2) is 17.5 Å². The van der Waals surface area contributed by atoms with Crippen LogP contribution in [0.15, 0.2) is 66.7 Å². The molecule has 8 heteroatoms. The molecule has 3 aromatic rings. The highest BCUT2D eigenvalue weighted by Crippen LogP contribution is 2.56. The minimum atomic E-state index is -1.61. The Hall–Kier alpha value is -3.14. The van der Waals surface area contributed by atoms with Crippen molar-refractivity contribution in [3.05, 3.63) is 105 Å². The van der Waals surface area contributed by atoms with E-state index in [-0.39, 0.29) is 39.7 Å². The summed E-state index contributed by atoms with van der Waals surface area (Å²) in [5, 5.41) is 13.8. The van der Waals surface area contributed by atoms with Gasteiger partial charge in [0.05, 0.1) is 17.1 Å². The van der Waals surface area contributed by atoms with E-state index in [9.17, 15) is 10.1 Å². The molecule has 1 aliphatic rings. The molecule has 4 nitrogen and oxygen atoms in total. The van der Waals surface area contributed by atoms with Gasteiger partial charge in [-0.05, 0) is 35.6 Å². The Kier molecular flexibility index (Phi) is 8.01. The topological polar surface area (TPSA) is 56.1 Å². The Morgan fingerprint density at radius 3 is 2.45 bits per heavy atom. The Labute approximate surface area is 232 Å². The summed E-state index contributed by atoms with van der Waals surface area (Å²) in [6.45, 7) is 6.39. The molecule has 1 N–H and O–H groups in total. The van der Waals surface area contributed by atoms with Crippen LogP contribution in [0.25, 0.3) is 0 Å². The van der Waals surface area contributed by atoms with Crippen LogP contribution in [0, 0.1) is 34.3 Å². The minimum absolute atomic E-state index is 0.0553. The van der Waals surface area contributed by atoms with Crippen molar-refractivity contribution < 1.29 is 13.6 Å². The van der Waals surface area contributed by atoms with Crippen molar-refractivity contribution in [2.45, 2.75) is 45.2 Å². The van der Waals surface area contributed by atoms with E-state index in [0.717, 1.165) is 11.6 Å². The van der Waals surface area contributed by atoms with E-state index in [1.165, 1.54) is 29.2 Å². The molecule has 1 fully saturated rings. The predicted octanol–water partition coefficient (Wildman–Crippen LogP) is 8.05. The Bertz CT molecular complexity index is 1370. The predicted molar refractivity (Wildman–Crippen MR) is 146 cm³/mol. The van der Waals surface area contributed by atoms with Gasteiger partial charge in [-0.2, -0.15) is 5.26 Å². The zero-order chi connectivity index (χ0) is 27.7. The van der Waals surface area contributed by atoms with Gasteiger partial charge in [-0.1, -0.05) is 92.5 Å². The second kappa shape index (κ2) is 10.9. The maximum absolute atomic E-state index is 15.7. The molecule has 3 atom stereocenters. The smallest absolute Gasteiger partial charge is 0.318 e. The normalized spacial score (nSPS) is 21.3. The highest BCUT2D eigenvalue weighted by atomic mass is 35.5. The molecule has 0 radical (unpaired) electrons. The summed E-state index contributed by atoms with van der Waals surface area (Å²) >= 11 is 12.2. The number of nitrogens with zero attached hydrogens (tertiary/aromatic N) is 2. The third-order valence-corrected chi connectivity index (χ3v) is 7.58. The standard InChI is InChI=1S/C30H29Cl2F2N3O/c1-29(2,3)15-20-17-37(28(38)36-16-19-8-5-4-6-9-19)27(22-10-7-11-24(32)26(22)34)30(20,18-35)23-13-12-21(31)14-25(23)33/h4-14,20,27H,15-17H2,1-3H3,(H,36,38). The Balaban J connectivity index is 1.91. The second-order valence-electron chi connectivity index (χ2n) is 10.9. The lowest BCUT2D eigenvalue weighted by Crippen LogP contribution is -2.44. The molecule has 0 aliphatic carbocycles. The fourth-order valence-corrected chi connectivity index (χ4v) is 5.89. The lowest BCUT2D eigenvalue weighted by molar-refractivity contribution is 0.184. The van der Waals surface area contributed by atoms with Crippen molar-refractivity contribution in [1.82, 2.24) is 10.2 Å². The zero-order valence-corrected chi connectivity index (χ0v) is 23.0. The van der Waals surface area contributed by atoms with E-state index < -0.39 is 35.0 Å². The third kappa shape index (κ3) is 5.36. The summed E-state index contributed by atoms with van der Waals surface area (Å²) in [6.07, 6.45) is 0.476. The second-order valence-corrected chi connectivity index (χ2v) is 11.8. The average molecular weight is 556 g/mol. The molecule has 38 heavy (non-hydrogen) atoms. The molecule has 1 saturated heterocycles. The summed E-state index contributed by atoms with van der Waals surface area (Å²) in [5.41, 5.74) is -0.880. The van der Waals surface area contributed by atoms with Gasteiger partial charge in [-0.15, -0.1) is 0 Å². The van der Waals surface area contributed by atoms with Gasteiger partial charge in [-0.25, -0.2) is 13.6 Å². The largest absolute Gasteiger partial charge is 0.334 e. The lowest BCUT2D eigenvalue weighted by Gasteiger charge is -2.38. The van der Waals surface area contributed by atoms with Crippen molar-refractivity contribution in [3.8, 4) is 6.07 Å². The average Bonchev–Trinajstić information content (AvgIpc) is 3.17. The van der Waals surface area contributed by atoms with E-state index in [0.29, 0.717) is 6.42 Å².